The summed E-state index contributed by atoms with van der Waals surface area (Å²) in [6.45, 7) is 11.8. The van der Waals surface area contributed by atoms with Crippen molar-refractivity contribution in [2.24, 2.45) is 0 Å². The van der Waals surface area contributed by atoms with Crippen LogP contribution in [0.5, 0.6) is 5.75 Å². The Morgan fingerprint density at radius 3 is 2.61 bits per heavy atom. The molecule has 1 aromatic carbocycles. The summed E-state index contributed by atoms with van der Waals surface area (Å²) in [6.07, 6.45) is 3.66. The van der Waals surface area contributed by atoms with Gasteiger partial charge in [0.05, 0.1) is 18.4 Å². The van der Waals surface area contributed by atoms with Crippen molar-refractivity contribution in [2.45, 2.75) is 52.2 Å². The van der Waals surface area contributed by atoms with E-state index in [2.05, 4.69) is 46.2 Å². The van der Waals surface area contributed by atoms with Crippen molar-refractivity contribution in [3.8, 4) is 11.4 Å². The molecular formula is C23H31N7O3. The molecule has 1 fully saturated rings. The van der Waals surface area contributed by atoms with Gasteiger partial charge in [-0.15, -0.1) is 5.10 Å². The second kappa shape index (κ2) is 9.70. The third-order valence-electron chi connectivity index (χ3n) is 5.66. The van der Waals surface area contributed by atoms with Crippen LogP contribution in [0.15, 0.2) is 41.2 Å². The SMILES string of the molecule is CC(Oc1ccc(-n2cnnn2)cc1)C(=O)N1CCCN(Cc2ncc(C(C)(C)C)o2)CC1. The molecule has 3 heterocycles. The van der Waals surface area contributed by atoms with Crippen LogP contribution in [0.25, 0.3) is 5.69 Å². The van der Waals surface area contributed by atoms with Gasteiger partial charge in [0.1, 0.15) is 17.8 Å². The Kier molecular flexibility index (Phi) is 6.73. The Morgan fingerprint density at radius 1 is 1.15 bits per heavy atom. The van der Waals surface area contributed by atoms with E-state index in [4.69, 9.17) is 9.15 Å². The van der Waals surface area contributed by atoms with E-state index in [-0.39, 0.29) is 11.3 Å². The summed E-state index contributed by atoms with van der Waals surface area (Å²) in [5, 5.41) is 11.1. The molecule has 0 spiro atoms. The molecule has 0 bridgehead atoms. The van der Waals surface area contributed by atoms with E-state index in [1.54, 1.807) is 11.6 Å². The Balaban J connectivity index is 1.29. The normalized spacial score (nSPS) is 16.4. The van der Waals surface area contributed by atoms with Crippen molar-refractivity contribution in [1.29, 1.82) is 0 Å². The summed E-state index contributed by atoms with van der Waals surface area (Å²) in [7, 11) is 0. The fourth-order valence-corrected chi connectivity index (χ4v) is 3.74. The van der Waals surface area contributed by atoms with Crippen molar-refractivity contribution >= 4 is 5.91 Å². The summed E-state index contributed by atoms with van der Waals surface area (Å²) in [5.74, 6) is 2.23. The molecule has 0 radical (unpaired) electrons. The Labute approximate surface area is 193 Å². The van der Waals surface area contributed by atoms with Crippen molar-refractivity contribution in [1.82, 2.24) is 35.0 Å². The lowest BCUT2D eigenvalue weighted by Gasteiger charge is -2.25. The van der Waals surface area contributed by atoms with E-state index in [1.165, 1.54) is 6.33 Å². The summed E-state index contributed by atoms with van der Waals surface area (Å²) in [6, 6.07) is 7.32. The van der Waals surface area contributed by atoms with Gasteiger partial charge in [-0.05, 0) is 48.0 Å². The first-order chi connectivity index (χ1) is 15.8. The second-order valence-electron chi connectivity index (χ2n) is 9.33. The first kappa shape index (κ1) is 22.9. The minimum Gasteiger partial charge on any atom is -0.481 e. The number of tetrazole rings is 1. The first-order valence-electron chi connectivity index (χ1n) is 11.3. The fraction of sp³-hybridized carbons (Fsp3) is 0.522. The highest BCUT2D eigenvalue weighted by Gasteiger charge is 2.26. The molecule has 3 aromatic rings. The van der Waals surface area contributed by atoms with Crippen LogP contribution in [0.2, 0.25) is 0 Å². The summed E-state index contributed by atoms with van der Waals surface area (Å²) in [4.78, 5) is 21.6. The summed E-state index contributed by atoms with van der Waals surface area (Å²) < 4.78 is 13.4. The largest absolute Gasteiger partial charge is 0.481 e. The fourth-order valence-electron chi connectivity index (χ4n) is 3.74. The van der Waals surface area contributed by atoms with Crippen molar-refractivity contribution in [3.05, 3.63) is 48.4 Å². The maximum Gasteiger partial charge on any atom is 0.263 e. The number of ether oxygens (including phenoxy) is 1. The van der Waals surface area contributed by atoms with Crippen LogP contribution in [-0.4, -0.2) is 73.2 Å². The molecular weight excluding hydrogens is 422 g/mol. The lowest BCUT2D eigenvalue weighted by Crippen LogP contribution is -2.42. The highest BCUT2D eigenvalue weighted by Crippen LogP contribution is 2.23. The summed E-state index contributed by atoms with van der Waals surface area (Å²) >= 11 is 0. The maximum atomic E-state index is 13.0. The number of hydrogen-bond acceptors (Lipinski definition) is 8. The maximum absolute atomic E-state index is 13.0. The predicted octanol–water partition coefficient (Wildman–Crippen LogP) is 2.45. The van der Waals surface area contributed by atoms with Crippen LogP contribution in [0.1, 0.15) is 45.8 Å². The Bertz CT molecular complexity index is 1040. The molecule has 0 N–H and O–H groups in total. The van der Waals surface area contributed by atoms with Gasteiger partial charge in [0.25, 0.3) is 5.91 Å². The summed E-state index contributed by atoms with van der Waals surface area (Å²) in [5.41, 5.74) is 0.761. The standard InChI is InChI=1S/C23H31N7O3/c1-17(32-19-8-6-18(7-9-19)30-16-25-26-27-30)22(31)29-11-5-10-28(12-13-29)15-21-24-14-20(33-21)23(2,3)4/h6-9,14,16-17H,5,10-13,15H2,1-4H3. The van der Waals surface area contributed by atoms with Crippen LogP contribution in [0.3, 0.4) is 0 Å². The molecule has 10 heteroatoms. The number of hydrogen-bond donors (Lipinski definition) is 0. The molecule has 1 aliphatic rings. The van der Waals surface area contributed by atoms with E-state index in [9.17, 15) is 4.79 Å². The van der Waals surface area contributed by atoms with E-state index < -0.39 is 6.10 Å². The van der Waals surface area contributed by atoms with E-state index in [0.29, 0.717) is 25.4 Å². The van der Waals surface area contributed by atoms with Crippen LogP contribution in [0.4, 0.5) is 0 Å². The number of carbonyl (C=O) groups excluding carboxylic acids is 1. The molecule has 1 unspecified atom stereocenters. The number of carbonyl (C=O) groups is 1. The first-order valence-corrected chi connectivity index (χ1v) is 11.3. The predicted molar refractivity (Wildman–Crippen MR) is 121 cm³/mol. The van der Waals surface area contributed by atoms with Gasteiger partial charge >= 0.3 is 0 Å². The lowest BCUT2D eigenvalue weighted by atomic mass is 9.94. The quantitative estimate of drug-likeness (QED) is 0.561. The third kappa shape index (κ3) is 5.75. The molecule has 1 amide bonds. The number of oxazole rings is 1. The minimum absolute atomic E-state index is 0.00690. The zero-order valence-corrected chi connectivity index (χ0v) is 19.6. The zero-order chi connectivity index (χ0) is 23.4. The van der Waals surface area contributed by atoms with Crippen molar-refractivity contribution in [2.75, 3.05) is 26.2 Å². The van der Waals surface area contributed by atoms with Crippen molar-refractivity contribution in [3.63, 3.8) is 0 Å². The van der Waals surface area contributed by atoms with E-state index in [1.807, 2.05) is 35.4 Å². The smallest absolute Gasteiger partial charge is 0.263 e. The molecule has 1 saturated heterocycles. The molecule has 10 nitrogen and oxygen atoms in total. The zero-order valence-electron chi connectivity index (χ0n) is 19.6. The lowest BCUT2D eigenvalue weighted by molar-refractivity contribution is -0.137. The van der Waals surface area contributed by atoms with Gasteiger partial charge in [0, 0.05) is 31.6 Å². The molecule has 0 saturated carbocycles. The van der Waals surface area contributed by atoms with Gasteiger partial charge in [-0.1, -0.05) is 20.8 Å². The van der Waals surface area contributed by atoms with Gasteiger partial charge in [0.15, 0.2) is 6.10 Å². The van der Waals surface area contributed by atoms with Gasteiger partial charge in [-0.3, -0.25) is 9.69 Å². The number of rotatable bonds is 6. The molecule has 33 heavy (non-hydrogen) atoms. The molecule has 2 aromatic heterocycles. The van der Waals surface area contributed by atoms with Crippen LogP contribution >= 0.6 is 0 Å². The van der Waals surface area contributed by atoms with Crippen LogP contribution < -0.4 is 4.74 Å². The number of amides is 1. The number of benzene rings is 1. The van der Waals surface area contributed by atoms with Crippen LogP contribution in [-0.2, 0) is 16.8 Å². The third-order valence-corrected chi connectivity index (χ3v) is 5.66. The highest BCUT2D eigenvalue weighted by atomic mass is 16.5. The number of aromatic nitrogens is 5. The monoisotopic (exact) mass is 453 g/mol. The van der Waals surface area contributed by atoms with E-state index >= 15 is 0 Å². The Morgan fingerprint density at radius 2 is 1.94 bits per heavy atom. The minimum atomic E-state index is -0.573. The highest BCUT2D eigenvalue weighted by molar-refractivity contribution is 5.81. The van der Waals surface area contributed by atoms with Crippen molar-refractivity contribution < 1.29 is 13.9 Å². The second-order valence-corrected chi connectivity index (χ2v) is 9.33. The average molecular weight is 454 g/mol. The average Bonchev–Trinajstić information content (AvgIpc) is 3.43. The van der Waals surface area contributed by atoms with Gasteiger partial charge in [-0.2, -0.15) is 0 Å². The molecule has 1 atom stereocenters. The number of nitrogens with zero attached hydrogens (tertiary/aromatic N) is 7. The van der Waals surface area contributed by atoms with E-state index in [0.717, 1.165) is 36.8 Å². The molecule has 0 aliphatic carbocycles. The van der Waals surface area contributed by atoms with Crippen LogP contribution in [0, 0.1) is 0 Å². The van der Waals surface area contributed by atoms with Gasteiger partial charge in [-0.25, -0.2) is 9.67 Å². The Hall–Kier alpha value is -3.27. The topological polar surface area (TPSA) is 102 Å². The van der Waals surface area contributed by atoms with Gasteiger partial charge < -0.3 is 14.1 Å². The molecule has 4 rings (SSSR count). The van der Waals surface area contributed by atoms with Gasteiger partial charge in [0.2, 0.25) is 5.89 Å². The molecule has 176 valence electrons. The molecule has 1 aliphatic heterocycles.